The number of rotatable bonds is 6. The highest BCUT2D eigenvalue weighted by Gasteiger charge is 2.44. The normalized spacial score (nSPS) is 16.8. The molecule has 0 unspecified atom stereocenters. The molecule has 1 aromatic heterocycles. The predicted molar refractivity (Wildman–Crippen MR) is 116 cm³/mol. The number of nitrogens with one attached hydrogen (secondary N) is 1. The molecular formula is C24H26F3N3O3. The summed E-state index contributed by atoms with van der Waals surface area (Å²) in [6.07, 6.45) is -0.408. The maximum Gasteiger partial charge on any atom is 0.492 e. The average Bonchev–Trinajstić information content (AvgIpc) is 3.22. The van der Waals surface area contributed by atoms with Crippen molar-refractivity contribution >= 4 is 17.0 Å². The highest BCUT2D eigenvalue weighted by molar-refractivity contribution is 5.76. The van der Waals surface area contributed by atoms with Gasteiger partial charge >= 0.3 is 12.1 Å². The Bertz CT molecular complexity index is 1100. The van der Waals surface area contributed by atoms with Crippen LogP contribution in [0, 0.1) is 5.41 Å². The Hall–Kier alpha value is -3.07. The van der Waals surface area contributed by atoms with Gasteiger partial charge in [-0.05, 0) is 60.9 Å². The average molecular weight is 461 g/mol. The second-order valence-corrected chi connectivity index (χ2v) is 9.17. The van der Waals surface area contributed by atoms with Gasteiger partial charge in [-0.1, -0.05) is 26.0 Å². The second-order valence-electron chi connectivity index (χ2n) is 9.17. The molecule has 3 aromatic rings. The molecule has 2 aromatic carbocycles. The first-order chi connectivity index (χ1) is 15.6. The van der Waals surface area contributed by atoms with Crippen LogP contribution in [0.5, 0.6) is 11.5 Å². The summed E-state index contributed by atoms with van der Waals surface area (Å²) in [6, 6.07) is 12.2. The van der Waals surface area contributed by atoms with Crippen LogP contribution >= 0.6 is 0 Å². The molecule has 4 rings (SSSR count). The number of aromatic nitrogens is 2. The van der Waals surface area contributed by atoms with Gasteiger partial charge in [-0.25, -0.2) is 9.78 Å². The van der Waals surface area contributed by atoms with Gasteiger partial charge in [0, 0.05) is 12.1 Å². The Kier molecular flexibility index (Phi) is 6.34. The Morgan fingerprint density at radius 1 is 1.12 bits per heavy atom. The number of hydrogen-bond donors (Lipinski definition) is 1. The van der Waals surface area contributed by atoms with E-state index < -0.39 is 12.1 Å². The highest BCUT2D eigenvalue weighted by Crippen LogP contribution is 2.38. The number of benzene rings is 2. The van der Waals surface area contributed by atoms with Gasteiger partial charge in [0.05, 0.1) is 23.9 Å². The van der Waals surface area contributed by atoms with Crippen LogP contribution in [-0.2, 0) is 16.2 Å². The Labute approximate surface area is 189 Å². The Balaban J connectivity index is 1.45. The van der Waals surface area contributed by atoms with E-state index in [0.29, 0.717) is 29.9 Å². The molecule has 6 nitrogen and oxygen atoms in total. The summed E-state index contributed by atoms with van der Waals surface area (Å²) in [6.45, 7) is 4.34. The first kappa shape index (κ1) is 23.1. The van der Waals surface area contributed by atoms with Crippen LogP contribution in [0.3, 0.4) is 0 Å². The van der Waals surface area contributed by atoms with E-state index in [1.54, 1.807) is 36.7 Å². The molecule has 0 bridgehead atoms. The van der Waals surface area contributed by atoms with Crippen LogP contribution in [0.2, 0.25) is 0 Å². The molecule has 1 heterocycles. The number of fused-ring (bicyclic) bond motifs is 1. The van der Waals surface area contributed by atoms with Gasteiger partial charge in [0.15, 0.2) is 0 Å². The van der Waals surface area contributed by atoms with Crippen LogP contribution in [0.1, 0.15) is 45.1 Å². The molecule has 1 aliphatic rings. The molecule has 1 aliphatic carbocycles. The molecule has 0 aliphatic heterocycles. The fraction of sp³-hybridized carbons (Fsp3) is 0.417. The number of nitrogens with zero attached hydrogens (tertiary/aromatic N) is 2. The highest BCUT2D eigenvalue weighted by atomic mass is 19.4. The van der Waals surface area contributed by atoms with Crippen molar-refractivity contribution in [3.63, 3.8) is 0 Å². The van der Waals surface area contributed by atoms with Gasteiger partial charge in [0.2, 0.25) is 0 Å². The van der Waals surface area contributed by atoms with E-state index in [2.05, 4.69) is 23.8 Å². The lowest BCUT2D eigenvalue weighted by Gasteiger charge is -2.39. The summed E-state index contributed by atoms with van der Waals surface area (Å²) < 4.78 is 44.4. The number of aromatic amines is 1. The molecule has 0 amide bonds. The van der Waals surface area contributed by atoms with Crippen molar-refractivity contribution in [2.24, 2.45) is 5.41 Å². The third-order valence-electron chi connectivity index (χ3n) is 6.04. The number of carbonyl (C=O) groups excluding carboxylic acids is 1. The van der Waals surface area contributed by atoms with E-state index in [9.17, 15) is 18.0 Å². The van der Waals surface area contributed by atoms with Crippen molar-refractivity contribution < 1.29 is 27.5 Å². The van der Waals surface area contributed by atoms with Gasteiger partial charge in [-0.15, -0.1) is 5.06 Å². The van der Waals surface area contributed by atoms with Crippen molar-refractivity contribution in [1.29, 1.82) is 0 Å². The largest absolute Gasteiger partial charge is 0.492 e. The minimum atomic E-state index is -5.04. The van der Waals surface area contributed by atoms with E-state index in [0.717, 1.165) is 23.9 Å². The maximum absolute atomic E-state index is 12.9. The number of ether oxygens (including phenoxy) is 1. The second kappa shape index (κ2) is 9.05. The topological polar surface area (TPSA) is 67.4 Å². The van der Waals surface area contributed by atoms with Gasteiger partial charge < -0.3 is 14.6 Å². The molecule has 0 atom stereocenters. The van der Waals surface area contributed by atoms with Crippen molar-refractivity contribution in [2.75, 3.05) is 0 Å². The fourth-order valence-electron chi connectivity index (χ4n) is 4.02. The van der Waals surface area contributed by atoms with Crippen LogP contribution < -0.4 is 4.74 Å². The summed E-state index contributed by atoms with van der Waals surface area (Å²) in [5.41, 5.74) is 2.53. The molecule has 176 valence electrons. The number of hydrogen-bond acceptors (Lipinski definition) is 5. The molecule has 1 fully saturated rings. The van der Waals surface area contributed by atoms with Crippen molar-refractivity contribution in [1.82, 2.24) is 15.0 Å². The molecular weight excluding hydrogens is 435 g/mol. The number of H-pyrrole nitrogens is 1. The standard InChI is InChI=1S/C24H26F3N3O3/c1-23(2)11-9-17(10-12-23)30(33-22(31)24(25,26)27)14-16-3-5-18(6-4-16)32-19-7-8-20-21(13-19)29-15-28-20/h3-8,13,15,17H,9-12,14H2,1-2H3,(H,28,29). The summed E-state index contributed by atoms with van der Waals surface area (Å²) in [7, 11) is 0. The molecule has 1 N–H and O–H groups in total. The quantitative estimate of drug-likeness (QED) is 0.446. The van der Waals surface area contributed by atoms with Crippen LogP contribution in [0.25, 0.3) is 11.0 Å². The van der Waals surface area contributed by atoms with E-state index in [4.69, 9.17) is 9.57 Å². The smallest absolute Gasteiger partial charge is 0.457 e. The fourth-order valence-corrected chi connectivity index (χ4v) is 4.02. The minimum absolute atomic E-state index is 0.0628. The predicted octanol–water partition coefficient (Wildman–Crippen LogP) is 6.15. The number of halogens is 3. The summed E-state index contributed by atoms with van der Waals surface area (Å²) >= 11 is 0. The number of carbonyl (C=O) groups is 1. The first-order valence-electron chi connectivity index (χ1n) is 10.8. The van der Waals surface area contributed by atoms with Crippen molar-refractivity contribution in [3.05, 3.63) is 54.4 Å². The van der Waals surface area contributed by atoms with E-state index >= 15 is 0 Å². The molecule has 33 heavy (non-hydrogen) atoms. The minimum Gasteiger partial charge on any atom is -0.457 e. The monoisotopic (exact) mass is 461 g/mol. The zero-order valence-electron chi connectivity index (χ0n) is 18.5. The van der Waals surface area contributed by atoms with E-state index in [1.807, 2.05) is 12.1 Å². The Morgan fingerprint density at radius 2 is 1.79 bits per heavy atom. The lowest BCUT2D eigenvalue weighted by atomic mass is 9.75. The summed E-state index contributed by atoms with van der Waals surface area (Å²) in [4.78, 5) is 23.6. The Morgan fingerprint density at radius 3 is 2.45 bits per heavy atom. The van der Waals surface area contributed by atoms with Crippen molar-refractivity contribution in [3.8, 4) is 11.5 Å². The first-order valence-corrected chi connectivity index (χ1v) is 10.8. The summed E-state index contributed by atoms with van der Waals surface area (Å²) in [5.74, 6) is -0.984. The third kappa shape index (κ3) is 5.84. The lowest BCUT2D eigenvalue weighted by Crippen LogP contribution is -2.43. The van der Waals surface area contributed by atoms with E-state index in [1.165, 1.54) is 5.06 Å². The number of hydroxylamine groups is 2. The van der Waals surface area contributed by atoms with Gasteiger partial charge in [-0.2, -0.15) is 13.2 Å². The van der Waals surface area contributed by atoms with Crippen molar-refractivity contribution in [2.45, 2.75) is 58.3 Å². The van der Waals surface area contributed by atoms with E-state index in [-0.39, 0.29) is 18.0 Å². The zero-order valence-corrected chi connectivity index (χ0v) is 18.5. The molecule has 0 saturated heterocycles. The number of imidazole rings is 1. The lowest BCUT2D eigenvalue weighted by molar-refractivity contribution is -0.252. The van der Waals surface area contributed by atoms with Crippen LogP contribution in [0.15, 0.2) is 48.8 Å². The number of alkyl halides is 3. The van der Waals surface area contributed by atoms with Crippen LogP contribution in [-0.4, -0.2) is 33.2 Å². The summed E-state index contributed by atoms with van der Waals surface area (Å²) in [5, 5.41) is 1.19. The maximum atomic E-state index is 12.9. The zero-order chi connectivity index (χ0) is 23.6. The molecule has 0 radical (unpaired) electrons. The van der Waals surface area contributed by atoms with Crippen LogP contribution in [0.4, 0.5) is 13.2 Å². The molecule has 1 saturated carbocycles. The molecule has 0 spiro atoms. The van der Waals surface area contributed by atoms with Gasteiger partial charge in [0.25, 0.3) is 0 Å². The third-order valence-corrected chi connectivity index (χ3v) is 6.04. The molecule has 9 heteroatoms. The van der Waals surface area contributed by atoms with Gasteiger partial charge in [0.1, 0.15) is 11.5 Å². The SMILES string of the molecule is CC1(C)CCC(N(Cc2ccc(Oc3ccc4nc[nH]c4c3)cc2)OC(=O)C(F)(F)F)CC1. The van der Waals surface area contributed by atoms with Gasteiger partial charge in [-0.3, -0.25) is 0 Å².